The van der Waals surface area contributed by atoms with E-state index in [0.29, 0.717) is 16.0 Å². The van der Waals surface area contributed by atoms with Crippen LogP contribution >= 0.6 is 23.1 Å². The second-order valence-corrected chi connectivity index (χ2v) is 8.74. The van der Waals surface area contributed by atoms with Gasteiger partial charge in [0.05, 0.1) is 17.4 Å². The lowest BCUT2D eigenvalue weighted by atomic mass is 9.92. The van der Waals surface area contributed by atoms with E-state index in [4.69, 9.17) is 0 Å². The number of thiazole rings is 1. The Labute approximate surface area is 148 Å². The van der Waals surface area contributed by atoms with E-state index >= 15 is 0 Å². The van der Waals surface area contributed by atoms with E-state index in [1.807, 2.05) is 33.1 Å². The average Bonchev–Trinajstić information content (AvgIpc) is 3.05. The van der Waals surface area contributed by atoms with Gasteiger partial charge in [0.25, 0.3) is 5.56 Å². The topological polar surface area (TPSA) is 76.9 Å². The monoisotopic (exact) mass is 364 g/mol. The number of hydrogen-bond acceptors (Lipinski definition) is 6. The summed E-state index contributed by atoms with van der Waals surface area (Å²) >= 11 is 2.93. The largest absolute Gasteiger partial charge is 0.302 e. The normalized spacial score (nSPS) is 16.9. The summed E-state index contributed by atoms with van der Waals surface area (Å²) in [6.07, 6.45) is 0.245. The number of carbonyl (C=O) groups is 1. The molecule has 0 saturated carbocycles. The number of fused-ring (bicyclic) bond motifs is 1. The Balaban J connectivity index is 1.77. The molecule has 0 saturated heterocycles. The number of aryl methyl sites for hydroxylation is 1. The number of carbonyl (C=O) groups excluding carboxylic acids is 1. The fourth-order valence-electron chi connectivity index (χ4n) is 2.48. The zero-order valence-corrected chi connectivity index (χ0v) is 15.8. The van der Waals surface area contributed by atoms with E-state index in [-0.39, 0.29) is 29.3 Å². The molecule has 0 aromatic carbocycles. The summed E-state index contributed by atoms with van der Waals surface area (Å²) in [7, 11) is 0. The molecule has 1 unspecified atom stereocenters. The van der Waals surface area contributed by atoms with Crippen molar-refractivity contribution in [3.63, 3.8) is 0 Å². The predicted molar refractivity (Wildman–Crippen MR) is 97.1 cm³/mol. The molecule has 0 fully saturated rings. The number of aromatic nitrogens is 3. The van der Waals surface area contributed by atoms with E-state index in [1.165, 1.54) is 23.1 Å². The van der Waals surface area contributed by atoms with Gasteiger partial charge < -0.3 is 5.32 Å². The van der Waals surface area contributed by atoms with Crippen molar-refractivity contribution in [3.8, 4) is 0 Å². The summed E-state index contributed by atoms with van der Waals surface area (Å²) in [6, 6.07) is 1.42. The maximum atomic E-state index is 12.5. The van der Waals surface area contributed by atoms with Crippen molar-refractivity contribution in [2.45, 2.75) is 50.7 Å². The fraction of sp³-hybridized carbons (Fsp3) is 0.500. The number of rotatable bonds is 3. The molecule has 2 aromatic heterocycles. The van der Waals surface area contributed by atoms with Crippen LogP contribution in [0.2, 0.25) is 0 Å². The molecule has 3 heterocycles. The SMILES string of the molecule is Cc1csc(NC(=O)CC2CSc3nc(C(C)(C)C)cc(=O)n32)n1. The van der Waals surface area contributed by atoms with Gasteiger partial charge in [0.1, 0.15) is 0 Å². The van der Waals surface area contributed by atoms with Gasteiger partial charge in [-0.15, -0.1) is 11.3 Å². The Morgan fingerprint density at radius 1 is 1.42 bits per heavy atom. The number of anilines is 1. The van der Waals surface area contributed by atoms with Crippen LogP contribution in [0.4, 0.5) is 5.13 Å². The van der Waals surface area contributed by atoms with E-state index < -0.39 is 0 Å². The van der Waals surface area contributed by atoms with Crippen LogP contribution in [0.25, 0.3) is 0 Å². The first-order valence-electron chi connectivity index (χ1n) is 7.73. The van der Waals surface area contributed by atoms with Gasteiger partial charge in [-0.05, 0) is 6.92 Å². The minimum Gasteiger partial charge on any atom is -0.302 e. The summed E-state index contributed by atoms with van der Waals surface area (Å²) in [5.41, 5.74) is 1.41. The van der Waals surface area contributed by atoms with Crippen molar-refractivity contribution < 1.29 is 4.79 Å². The molecule has 2 aromatic rings. The molecule has 0 spiro atoms. The van der Waals surface area contributed by atoms with E-state index in [0.717, 1.165) is 11.4 Å². The first kappa shape index (κ1) is 17.2. The average molecular weight is 364 g/mol. The van der Waals surface area contributed by atoms with Crippen molar-refractivity contribution in [2.75, 3.05) is 11.1 Å². The minimum absolute atomic E-state index is 0.0854. The molecule has 0 radical (unpaired) electrons. The highest BCUT2D eigenvalue weighted by atomic mass is 32.2. The van der Waals surface area contributed by atoms with Crippen LogP contribution in [0.3, 0.4) is 0 Å². The van der Waals surface area contributed by atoms with Crippen LogP contribution in [-0.4, -0.2) is 26.2 Å². The highest BCUT2D eigenvalue weighted by molar-refractivity contribution is 7.99. The number of hydrogen-bond donors (Lipinski definition) is 1. The lowest BCUT2D eigenvalue weighted by Crippen LogP contribution is -2.29. The van der Waals surface area contributed by atoms with Crippen molar-refractivity contribution in [2.24, 2.45) is 0 Å². The highest BCUT2D eigenvalue weighted by Crippen LogP contribution is 2.33. The molecule has 6 nitrogen and oxygen atoms in total. The van der Waals surface area contributed by atoms with E-state index in [2.05, 4.69) is 15.3 Å². The van der Waals surface area contributed by atoms with Gasteiger partial charge in [-0.25, -0.2) is 9.97 Å². The minimum atomic E-state index is -0.173. The summed E-state index contributed by atoms with van der Waals surface area (Å²) < 4.78 is 1.65. The molecule has 128 valence electrons. The maximum Gasteiger partial charge on any atom is 0.254 e. The number of nitrogens with one attached hydrogen (secondary N) is 1. The second-order valence-electron chi connectivity index (χ2n) is 6.89. The molecule has 1 aliphatic heterocycles. The molecule has 1 atom stereocenters. The van der Waals surface area contributed by atoms with Crippen LogP contribution in [0, 0.1) is 6.92 Å². The highest BCUT2D eigenvalue weighted by Gasteiger charge is 2.29. The Morgan fingerprint density at radius 3 is 2.79 bits per heavy atom. The zero-order chi connectivity index (χ0) is 17.5. The van der Waals surface area contributed by atoms with Gasteiger partial charge in [-0.2, -0.15) is 0 Å². The quantitative estimate of drug-likeness (QED) is 0.847. The van der Waals surface area contributed by atoms with Gasteiger partial charge in [-0.3, -0.25) is 14.2 Å². The van der Waals surface area contributed by atoms with Crippen molar-refractivity contribution in [1.82, 2.24) is 14.5 Å². The lowest BCUT2D eigenvalue weighted by molar-refractivity contribution is -0.116. The first-order chi connectivity index (χ1) is 11.2. The molecule has 3 rings (SSSR count). The van der Waals surface area contributed by atoms with Crippen molar-refractivity contribution in [1.29, 1.82) is 0 Å². The number of thioether (sulfide) groups is 1. The van der Waals surface area contributed by atoms with Gasteiger partial charge in [-0.1, -0.05) is 32.5 Å². The molecule has 1 amide bonds. The van der Waals surface area contributed by atoms with Crippen LogP contribution in [-0.2, 0) is 10.2 Å². The molecule has 0 aliphatic carbocycles. The predicted octanol–water partition coefficient (Wildman–Crippen LogP) is 2.98. The lowest BCUT2D eigenvalue weighted by Gasteiger charge is -2.19. The third kappa shape index (κ3) is 3.54. The Bertz CT molecular complexity index is 835. The molecule has 1 N–H and O–H groups in total. The molecule has 24 heavy (non-hydrogen) atoms. The van der Waals surface area contributed by atoms with Gasteiger partial charge in [0.2, 0.25) is 5.91 Å². The van der Waals surface area contributed by atoms with Crippen LogP contribution in [0.1, 0.15) is 44.6 Å². The van der Waals surface area contributed by atoms with Crippen molar-refractivity contribution >= 4 is 34.1 Å². The van der Waals surface area contributed by atoms with Crippen LogP contribution in [0.5, 0.6) is 0 Å². The molecule has 0 bridgehead atoms. The van der Waals surface area contributed by atoms with Gasteiger partial charge in [0, 0.05) is 29.0 Å². The Morgan fingerprint density at radius 2 is 2.17 bits per heavy atom. The smallest absolute Gasteiger partial charge is 0.254 e. The van der Waals surface area contributed by atoms with Crippen LogP contribution in [0.15, 0.2) is 21.4 Å². The second kappa shape index (κ2) is 6.33. The van der Waals surface area contributed by atoms with E-state index in [1.54, 1.807) is 10.6 Å². The summed E-state index contributed by atoms with van der Waals surface area (Å²) in [6.45, 7) is 7.99. The van der Waals surface area contributed by atoms with Gasteiger partial charge >= 0.3 is 0 Å². The van der Waals surface area contributed by atoms with E-state index in [9.17, 15) is 9.59 Å². The van der Waals surface area contributed by atoms with Crippen LogP contribution < -0.4 is 10.9 Å². The summed E-state index contributed by atoms with van der Waals surface area (Å²) in [5, 5.41) is 5.99. The molecule has 1 aliphatic rings. The standard InChI is InChI=1S/C16H20N4O2S2/c1-9-7-23-14(17-9)19-12(21)5-10-8-24-15-18-11(16(2,3)4)6-13(22)20(10)15/h6-7,10H,5,8H2,1-4H3,(H,17,19,21). The zero-order valence-electron chi connectivity index (χ0n) is 14.1. The summed E-state index contributed by atoms with van der Waals surface area (Å²) in [4.78, 5) is 33.6. The molecular formula is C16H20N4O2S2. The molecular weight excluding hydrogens is 344 g/mol. The number of nitrogens with zero attached hydrogens (tertiary/aromatic N) is 3. The van der Waals surface area contributed by atoms with Crippen molar-refractivity contribution in [3.05, 3.63) is 33.2 Å². The van der Waals surface area contributed by atoms with Gasteiger partial charge in [0.15, 0.2) is 10.3 Å². The Hall–Kier alpha value is -1.67. The maximum absolute atomic E-state index is 12.5. The Kier molecular flexibility index (Phi) is 4.52. The molecule has 8 heteroatoms. The number of amides is 1. The third-order valence-electron chi connectivity index (χ3n) is 3.74. The first-order valence-corrected chi connectivity index (χ1v) is 9.59. The summed E-state index contributed by atoms with van der Waals surface area (Å²) in [5.74, 6) is 0.551. The third-order valence-corrected chi connectivity index (χ3v) is 5.72. The fourth-order valence-corrected chi connectivity index (χ4v) is 4.34.